The zero-order valence-corrected chi connectivity index (χ0v) is 37.5. The van der Waals surface area contributed by atoms with E-state index in [1.807, 2.05) is 60.7 Å². The van der Waals surface area contributed by atoms with E-state index in [0.29, 0.717) is 17.5 Å². The van der Waals surface area contributed by atoms with E-state index in [1.165, 1.54) is 0 Å². The second kappa shape index (κ2) is 16.1. The van der Waals surface area contributed by atoms with E-state index in [-0.39, 0.29) is 0 Å². The number of aromatic nitrogens is 4. The van der Waals surface area contributed by atoms with Crippen LogP contribution in [0.25, 0.3) is 144 Å². The van der Waals surface area contributed by atoms with Gasteiger partial charge in [-0.3, -0.25) is 0 Å². The van der Waals surface area contributed by atoms with Crippen molar-refractivity contribution in [2.24, 2.45) is 0 Å². The van der Waals surface area contributed by atoms with Crippen LogP contribution >= 0.6 is 0 Å². The lowest BCUT2D eigenvalue weighted by molar-refractivity contribution is 0.669. The average Bonchev–Trinajstić information content (AvgIpc) is 4.01. The molecule has 4 heterocycles. The predicted molar refractivity (Wildman–Crippen MR) is 285 cm³/mol. The van der Waals surface area contributed by atoms with Crippen LogP contribution in [0.3, 0.4) is 0 Å². The van der Waals surface area contributed by atoms with Gasteiger partial charge in [-0.25, -0.2) is 19.9 Å². The molecular formula is C64H38N4O2. The molecule has 6 heteroatoms. The molecule has 0 aliphatic heterocycles. The molecule has 14 rings (SSSR count). The fourth-order valence-electron chi connectivity index (χ4n) is 10.2. The Morgan fingerprint density at radius 1 is 0.271 bits per heavy atom. The van der Waals surface area contributed by atoms with E-state index >= 15 is 0 Å². The third-order valence-corrected chi connectivity index (χ3v) is 13.6. The van der Waals surface area contributed by atoms with Gasteiger partial charge in [0.2, 0.25) is 0 Å². The van der Waals surface area contributed by atoms with Crippen molar-refractivity contribution in [3.63, 3.8) is 0 Å². The lowest BCUT2D eigenvalue weighted by Crippen LogP contribution is -2.00. The van der Waals surface area contributed by atoms with Gasteiger partial charge in [0.25, 0.3) is 0 Å². The molecule has 0 bridgehead atoms. The Bertz CT molecular complexity index is 4310. The molecule has 0 atom stereocenters. The van der Waals surface area contributed by atoms with E-state index in [9.17, 15) is 0 Å². The van der Waals surface area contributed by atoms with Crippen molar-refractivity contribution >= 4 is 65.6 Å². The molecule has 10 aromatic carbocycles. The molecule has 0 unspecified atom stereocenters. The summed E-state index contributed by atoms with van der Waals surface area (Å²) < 4.78 is 13.0. The lowest BCUT2D eigenvalue weighted by atomic mass is 9.89. The van der Waals surface area contributed by atoms with Crippen LogP contribution in [0.5, 0.6) is 0 Å². The first kappa shape index (κ1) is 39.6. The highest BCUT2D eigenvalue weighted by Crippen LogP contribution is 2.46. The summed E-state index contributed by atoms with van der Waals surface area (Å²) in [6.07, 6.45) is 0. The minimum Gasteiger partial charge on any atom is -0.456 e. The van der Waals surface area contributed by atoms with Gasteiger partial charge in [-0.1, -0.05) is 206 Å². The summed E-state index contributed by atoms with van der Waals surface area (Å²) in [5.74, 6) is 1.82. The summed E-state index contributed by atoms with van der Waals surface area (Å²) >= 11 is 0. The largest absolute Gasteiger partial charge is 0.456 e. The van der Waals surface area contributed by atoms with Gasteiger partial charge in [-0.05, 0) is 46.5 Å². The normalized spacial score (nSPS) is 11.7. The van der Waals surface area contributed by atoms with Crippen molar-refractivity contribution in [1.29, 1.82) is 0 Å². The number of hydrogen-bond acceptors (Lipinski definition) is 6. The molecule has 0 saturated heterocycles. The van der Waals surface area contributed by atoms with Gasteiger partial charge in [-0.15, -0.1) is 0 Å². The summed E-state index contributed by atoms with van der Waals surface area (Å²) in [5, 5.41) is 7.74. The van der Waals surface area contributed by atoms with Gasteiger partial charge in [0.1, 0.15) is 22.3 Å². The molecule has 0 aliphatic rings. The van der Waals surface area contributed by atoms with E-state index in [0.717, 1.165) is 127 Å². The molecule has 0 saturated carbocycles. The molecule has 14 aromatic rings. The summed E-state index contributed by atoms with van der Waals surface area (Å²) in [6, 6.07) is 79.7. The van der Waals surface area contributed by atoms with Crippen LogP contribution < -0.4 is 0 Å². The van der Waals surface area contributed by atoms with Crippen LogP contribution in [0.1, 0.15) is 0 Å². The van der Waals surface area contributed by atoms with E-state index < -0.39 is 0 Å². The second-order valence-electron chi connectivity index (χ2n) is 17.7. The minimum absolute atomic E-state index is 0.601. The number of benzene rings is 10. The number of para-hydroxylation sites is 4. The summed E-state index contributed by atoms with van der Waals surface area (Å²) in [4.78, 5) is 20.5. The van der Waals surface area contributed by atoms with E-state index in [4.69, 9.17) is 28.8 Å². The fourth-order valence-corrected chi connectivity index (χ4v) is 10.2. The number of furan rings is 2. The van der Waals surface area contributed by atoms with Gasteiger partial charge in [0, 0.05) is 71.1 Å². The van der Waals surface area contributed by atoms with Crippen molar-refractivity contribution in [3.05, 3.63) is 231 Å². The van der Waals surface area contributed by atoms with Crippen LogP contribution in [0.15, 0.2) is 239 Å². The topological polar surface area (TPSA) is 77.8 Å². The number of nitrogens with zero attached hydrogens (tertiary/aromatic N) is 4. The fraction of sp³-hybridized carbons (Fsp3) is 0. The molecular weight excluding hydrogens is 857 g/mol. The van der Waals surface area contributed by atoms with Gasteiger partial charge < -0.3 is 8.83 Å². The molecule has 6 nitrogen and oxygen atoms in total. The maximum absolute atomic E-state index is 6.60. The second-order valence-corrected chi connectivity index (χ2v) is 17.7. The van der Waals surface area contributed by atoms with Gasteiger partial charge in [-0.2, -0.15) is 0 Å². The summed E-state index contributed by atoms with van der Waals surface area (Å²) in [6.45, 7) is 0. The van der Waals surface area contributed by atoms with Crippen molar-refractivity contribution in [2.75, 3.05) is 0 Å². The molecule has 0 radical (unpaired) electrons. The monoisotopic (exact) mass is 894 g/mol. The SMILES string of the molecule is c1ccc(-c2nc(-c3ccc(-c4ccc(-c5nc6ccccc6c6c(-c7ccccc7)c7c(cc56)oc5ccccc57)cc4)cc3)nc(-c3ccc(-c4cccc5c4oc4ccccc45)cc3)n2)cc1. The highest BCUT2D eigenvalue weighted by atomic mass is 16.3. The highest BCUT2D eigenvalue weighted by molar-refractivity contribution is 6.27. The Hall–Kier alpha value is -9.52. The molecule has 4 aromatic heterocycles. The Kier molecular flexibility index (Phi) is 9.10. The Labute approximate surface area is 401 Å². The van der Waals surface area contributed by atoms with Crippen molar-refractivity contribution in [3.8, 4) is 78.8 Å². The zero-order valence-electron chi connectivity index (χ0n) is 37.5. The Morgan fingerprint density at radius 3 is 1.41 bits per heavy atom. The molecule has 70 heavy (non-hydrogen) atoms. The van der Waals surface area contributed by atoms with Crippen LogP contribution in [0, 0.1) is 0 Å². The molecule has 326 valence electrons. The first-order valence-electron chi connectivity index (χ1n) is 23.4. The third-order valence-electron chi connectivity index (χ3n) is 13.6. The molecule has 0 aliphatic carbocycles. The van der Waals surface area contributed by atoms with Gasteiger partial charge in [0.05, 0.1) is 11.2 Å². The van der Waals surface area contributed by atoms with Gasteiger partial charge >= 0.3 is 0 Å². The number of hydrogen-bond donors (Lipinski definition) is 0. The Balaban J connectivity index is 0.824. The maximum atomic E-state index is 6.60. The Morgan fingerprint density at radius 2 is 0.757 bits per heavy atom. The van der Waals surface area contributed by atoms with Crippen molar-refractivity contribution < 1.29 is 8.83 Å². The first-order chi connectivity index (χ1) is 34.7. The number of fused-ring (bicyclic) bond motifs is 9. The summed E-state index contributed by atoms with van der Waals surface area (Å²) in [7, 11) is 0. The lowest BCUT2D eigenvalue weighted by Gasteiger charge is -2.16. The zero-order chi connectivity index (χ0) is 46.1. The van der Waals surface area contributed by atoms with Crippen molar-refractivity contribution in [2.45, 2.75) is 0 Å². The minimum atomic E-state index is 0.601. The number of rotatable bonds is 7. The maximum Gasteiger partial charge on any atom is 0.164 e. The molecule has 0 fully saturated rings. The smallest absolute Gasteiger partial charge is 0.164 e. The van der Waals surface area contributed by atoms with E-state index in [2.05, 4.69) is 170 Å². The molecule has 0 spiro atoms. The molecule has 0 amide bonds. The van der Waals surface area contributed by atoms with Crippen LogP contribution in [0.4, 0.5) is 0 Å². The van der Waals surface area contributed by atoms with Crippen LogP contribution in [-0.4, -0.2) is 19.9 Å². The van der Waals surface area contributed by atoms with Crippen molar-refractivity contribution in [1.82, 2.24) is 19.9 Å². The predicted octanol–water partition coefficient (Wildman–Crippen LogP) is 17.0. The van der Waals surface area contributed by atoms with Crippen LogP contribution in [-0.2, 0) is 0 Å². The van der Waals surface area contributed by atoms with Crippen LogP contribution in [0.2, 0.25) is 0 Å². The highest BCUT2D eigenvalue weighted by Gasteiger charge is 2.22. The van der Waals surface area contributed by atoms with Gasteiger partial charge in [0.15, 0.2) is 17.5 Å². The standard InChI is InChI=1S/C64H38N4O2/c1-3-14-42(15-4-1)57-58-50-19-7-10-23-53(50)65-60(52(58)38-56-59(57)51-20-9-12-25-55(51)69-56)43-32-26-39(27-33-43)40-28-34-45(35-29-40)63-66-62(44-16-5-2-6-17-44)67-64(68-63)46-36-30-41(31-37-46)47-21-13-22-49-48-18-8-11-24-54(48)70-61(47)49/h1-38H. The number of pyridine rings is 1. The average molecular weight is 895 g/mol. The first-order valence-corrected chi connectivity index (χ1v) is 23.4. The molecule has 0 N–H and O–H groups in total. The summed E-state index contributed by atoms with van der Waals surface area (Å²) in [5.41, 5.74) is 15.6. The third kappa shape index (κ3) is 6.57. The van der Waals surface area contributed by atoms with E-state index in [1.54, 1.807) is 0 Å². The quantitative estimate of drug-likeness (QED) is 0.148.